The molecule has 0 bridgehead atoms. The third-order valence-corrected chi connectivity index (χ3v) is 5.65. The molecule has 0 fully saturated rings. The van der Waals surface area contributed by atoms with Crippen LogP contribution in [0.4, 0.5) is 17.6 Å². The van der Waals surface area contributed by atoms with Crippen molar-refractivity contribution in [1.29, 1.82) is 0 Å². The molecule has 4 N–H and O–H groups in total. The van der Waals surface area contributed by atoms with E-state index in [4.69, 9.17) is 10.5 Å². The van der Waals surface area contributed by atoms with Gasteiger partial charge in [-0.05, 0) is 60.7 Å². The summed E-state index contributed by atoms with van der Waals surface area (Å²) in [7, 11) is -10.4. The van der Waals surface area contributed by atoms with Gasteiger partial charge in [0.1, 0.15) is 38.6 Å². The number of aromatic nitrogens is 3. The Balaban J connectivity index is 0.00000484. The number of carbonyl (C=O) groups is 1. The zero-order valence-corrected chi connectivity index (χ0v) is 34.3. The molecule has 0 atom stereocenters. The molecule has 1 heterocycles. The second kappa shape index (κ2) is 20.1. The zero-order valence-electron chi connectivity index (χ0n) is 24.5. The van der Waals surface area contributed by atoms with E-state index in [1.165, 1.54) is 48.5 Å². The molecule has 22 heteroatoms. The zero-order chi connectivity index (χ0) is 29.6. The molecule has 0 aliphatic carbocycles. The van der Waals surface area contributed by atoms with Gasteiger partial charge in [0, 0.05) is 5.69 Å². The smallest absolute Gasteiger partial charge is 0.780 e. The Morgan fingerprint density at radius 1 is 0.711 bits per heavy atom. The summed E-state index contributed by atoms with van der Waals surface area (Å²) in [6.45, 7) is -0.286. The van der Waals surface area contributed by atoms with Gasteiger partial charge in [0.2, 0.25) is 17.8 Å². The summed E-state index contributed by atoms with van der Waals surface area (Å²) in [5.74, 6) is -0.431. The van der Waals surface area contributed by atoms with Gasteiger partial charge in [-0.15, -0.1) is 0 Å². The molecule has 1 amide bonds. The van der Waals surface area contributed by atoms with Gasteiger partial charge in [-0.25, -0.2) is 0 Å². The van der Waals surface area contributed by atoms with Gasteiger partial charge < -0.3 is 58.9 Å². The van der Waals surface area contributed by atoms with Gasteiger partial charge in [-0.1, -0.05) is 12.1 Å². The van der Waals surface area contributed by atoms with Crippen molar-refractivity contribution < 1.29 is 166 Å². The van der Waals surface area contributed by atoms with E-state index in [-0.39, 0.29) is 165 Å². The predicted octanol–water partition coefficient (Wildman–Crippen LogP) is -11.6. The summed E-state index contributed by atoms with van der Waals surface area (Å²) in [6, 6.07) is 17.2. The second-order valence-electron chi connectivity index (χ2n) is 7.92. The van der Waals surface area contributed by atoms with E-state index < -0.39 is 21.6 Å². The Kier molecular flexibility index (Phi) is 19.8. The SMILES string of the molecule is NC(=O)CNc1nc(Nc2ccc(OP(=O)([O-])[O-])cc2)nc(-c2ccccc2Oc2ccc(OP(=O)([O-])[O-])cc2)n1.[Na+].[Na+].[Na+].[Na+]. The third-order valence-electron chi connectivity index (χ3n) is 4.78. The Hall–Kier alpha value is -0.560. The van der Waals surface area contributed by atoms with Gasteiger partial charge in [0.25, 0.3) is 0 Å². The summed E-state index contributed by atoms with van der Waals surface area (Å²) >= 11 is 0. The first-order valence-corrected chi connectivity index (χ1v) is 14.2. The summed E-state index contributed by atoms with van der Waals surface area (Å²) in [6.07, 6.45) is 0. The third kappa shape index (κ3) is 15.5. The van der Waals surface area contributed by atoms with Crippen molar-refractivity contribution in [2.75, 3.05) is 17.2 Å². The number of primary amides is 1. The monoisotopic (exact) mass is 692 g/mol. The van der Waals surface area contributed by atoms with Crippen LogP contribution in [-0.2, 0) is 13.9 Å². The number of amides is 1. The minimum atomic E-state index is -5.23. The summed E-state index contributed by atoms with van der Waals surface area (Å²) < 4.78 is 36.2. The Labute approximate surface area is 345 Å². The Morgan fingerprint density at radius 3 is 1.73 bits per heavy atom. The topological polar surface area (TPSA) is 260 Å². The summed E-state index contributed by atoms with van der Waals surface area (Å²) in [4.78, 5) is 67.5. The quantitative estimate of drug-likeness (QED) is 0.0920. The van der Waals surface area contributed by atoms with Crippen LogP contribution in [0.3, 0.4) is 0 Å². The maximum atomic E-state index is 11.3. The molecule has 0 spiro atoms. The minimum Gasteiger partial charge on any atom is -0.780 e. The van der Waals surface area contributed by atoms with E-state index in [1.54, 1.807) is 24.3 Å². The average Bonchev–Trinajstić information content (AvgIpc) is 2.88. The molecule has 4 rings (SSSR count). The van der Waals surface area contributed by atoms with Gasteiger partial charge in [-0.3, -0.25) is 4.79 Å². The van der Waals surface area contributed by atoms with Crippen LogP contribution >= 0.6 is 15.6 Å². The fraction of sp³-hybridized carbons (Fsp3) is 0.0435. The van der Waals surface area contributed by atoms with Crippen LogP contribution in [0, 0.1) is 0 Å². The van der Waals surface area contributed by atoms with Crippen molar-refractivity contribution in [1.82, 2.24) is 15.0 Å². The molecule has 0 aliphatic rings. The van der Waals surface area contributed by atoms with Crippen LogP contribution in [0.1, 0.15) is 0 Å². The fourth-order valence-electron chi connectivity index (χ4n) is 3.22. The van der Waals surface area contributed by atoms with Crippen molar-refractivity contribution in [3.8, 4) is 34.4 Å². The van der Waals surface area contributed by atoms with Gasteiger partial charge >= 0.3 is 118 Å². The number of anilines is 3. The first-order chi connectivity index (χ1) is 19.3. The van der Waals surface area contributed by atoms with Crippen LogP contribution in [0.5, 0.6) is 23.0 Å². The number of para-hydroxylation sites is 1. The van der Waals surface area contributed by atoms with E-state index in [0.29, 0.717) is 11.3 Å². The van der Waals surface area contributed by atoms with Crippen molar-refractivity contribution in [2.45, 2.75) is 0 Å². The number of ether oxygens (including phenoxy) is 1. The Morgan fingerprint density at radius 2 is 1.20 bits per heavy atom. The van der Waals surface area contributed by atoms with Crippen LogP contribution in [0.2, 0.25) is 0 Å². The molecule has 0 saturated heterocycles. The molecule has 45 heavy (non-hydrogen) atoms. The molecule has 0 radical (unpaired) electrons. The first kappa shape index (κ1) is 44.4. The molecule has 214 valence electrons. The maximum absolute atomic E-state index is 11.3. The maximum Gasteiger partial charge on any atom is 1.00 e. The Bertz CT molecular complexity index is 1650. The van der Waals surface area contributed by atoms with Crippen LogP contribution in [-0.4, -0.2) is 27.4 Å². The number of phosphoric ester groups is 2. The van der Waals surface area contributed by atoms with Gasteiger partial charge in [-0.2, -0.15) is 15.0 Å². The number of carbonyl (C=O) groups excluding carboxylic acids is 1. The molecule has 0 aliphatic heterocycles. The van der Waals surface area contributed by atoms with Crippen molar-refractivity contribution in [3.63, 3.8) is 0 Å². The molecule has 4 aromatic rings. The van der Waals surface area contributed by atoms with E-state index in [9.17, 15) is 33.5 Å². The van der Waals surface area contributed by atoms with E-state index >= 15 is 0 Å². The number of phosphoric acid groups is 2. The van der Waals surface area contributed by atoms with E-state index in [0.717, 1.165) is 0 Å². The number of hydrogen-bond acceptors (Lipinski definition) is 15. The summed E-state index contributed by atoms with van der Waals surface area (Å²) in [5.41, 5.74) is 5.99. The number of rotatable bonds is 12. The van der Waals surface area contributed by atoms with Crippen molar-refractivity contribution in [3.05, 3.63) is 72.8 Å². The molecule has 0 unspecified atom stereocenters. The molecule has 3 aromatic carbocycles. The average molecular weight is 692 g/mol. The molecular weight excluding hydrogens is 674 g/mol. The molecule has 1 aromatic heterocycles. The minimum absolute atomic E-state index is 0. The number of nitrogens with two attached hydrogens (primary N) is 1. The second-order valence-corrected chi connectivity index (χ2v) is 10.1. The summed E-state index contributed by atoms with van der Waals surface area (Å²) in [5, 5.41) is 5.58. The predicted molar refractivity (Wildman–Crippen MR) is 136 cm³/mol. The number of nitrogens with zero attached hydrogens (tertiary/aromatic N) is 3. The molecule has 0 saturated carbocycles. The van der Waals surface area contributed by atoms with Crippen molar-refractivity contribution >= 4 is 39.1 Å². The standard InChI is InChI=1S/C23H22N6O10P2.4Na/c24-20(30)13-25-22-27-21(28-23(29-22)26-14-5-7-16(8-6-14)38-40(31,32)33)18-3-1-2-4-19(18)37-15-9-11-17(12-10-15)39-41(34,35)36;;;;/h1-12H,13H2,(H2,24,30)(H2,31,32,33)(H2,34,35,36)(H2,25,26,27,28,29);;;;/q;4*+1/p-4. The van der Waals surface area contributed by atoms with Crippen LogP contribution < -0.4 is 168 Å². The van der Waals surface area contributed by atoms with E-state index in [1.807, 2.05) is 0 Å². The molecule has 16 nitrogen and oxygen atoms in total. The van der Waals surface area contributed by atoms with Crippen LogP contribution in [0.25, 0.3) is 11.4 Å². The molecular formula is C23H18N6Na4O10P2. The van der Waals surface area contributed by atoms with Crippen LogP contribution in [0.15, 0.2) is 72.8 Å². The van der Waals surface area contributed by atoms with Gasteiger partial charge in [0.05, 0.1) is 12.1 Å². The number of benzene rings is 3. The fourth-order valence-corrected chi connectivity index (χ4v) is 3.98. The largest absolute Gasteiger partial charge is 1.00 e. The normalized spacial score (nSPS) is 10.4. The number of nitrogens with one attached hydrogen (secondary N) is 2. The van der Waals surface area contributed by atoms with Gasteiger partial charge in [0.15, 0.2) is 5.82 Å². The first-order valence-electron chi connectivity index (χ1n) is 11.3. The van der Waals surface area contributed by atoms with E-state index in [2.05, 4.69) is 34.6 Å². The number of hydrogen-bond donors (Lipinski definition) is 3. The van der Waals surface area contributed by atoms with Crippen molar-refractivity contribution in [2.24, 2.45) is 5.73 Å².